The van der Waals surface area contributed by atoms with Crippen molar-refractivity contribution >= 4 is 5.91 Å². The first kappa shape index (κ1) is 18.4. The molecule has 0 spiro atoms. The highest BCUT2D eigenvalue weighted by Gasteiger charge is 2.14. The van der Waals surface area contributed by atoms with E-state index in [0.717, 1.165) is 32.6 Å². The zero-order valence-corrected chi connectivity index (χ0v) is 13.3. The molecule has 0 aromatic heterocycles. The first-order valence-corrected chi connectivity index (χ1v) is 7.46. The van der Waals surface area contributed by atoms with Gasteiger partial charge in [0.15, 0.2) is 0 Å². The molecule has 0 bridgehead atoms. The Hall–Kier alpha value is -0.650. The average Bonchev–Trinajstić information content (AvgIpc) is 2.43. The molecule has 114 valence electrons. The highest BCUT2D eigenvalue weighted by molar-refractivity contribution is 5.78. The van der Waals surface area contributed by atoms with Crippen molar-refractivity contribution in [2.45, 2.75) is 40.2 Å². The summed E-state index contributed by atoms with van der Waals surface area (Å²) in [5.74, 6) is 0.125. The van der Waals surface area contributed by atoms with Gasteiger partial charge in [0, 0.05) is 25.0 Å². The molecule has 0 fully saturated rings. The molecule has 5 nitrogen and oxygen atoms in total. The van der Waals surface area contributed by atoms with Gasteiger partial charge in [-0.2, -0.15) is 0 Å². The molecule has 3 N–H and O–H groups in total. The van der Waals surface area contributed by atoms with Gasteiger partial charge in [0.1, 0.15) is 0 Å². The molecule has 5 heteroatoms. The predicted octanol–water partition coefficient (Wildman–Crippen LogP) is 0.626. The zero-order valence-electron chi connectivity index (χ0n) is 13.3. The predicted molar refractivity (Wildman–Crippen MR) is 81.1 cm³/mol. The average molecular weight is 272 g/mol. The second-order valence-corrected chi connectivity index (χ2v) is 4.97. The number of hydrogen-bond acceptors (Lipinski definition) is 4. The van der Waals surface area contributed by atoms with E-state index in [4.69, 9.17) is 0 Å². The number of rotatable bonds is 11. The lowest BCUT2D eigenvalue weighted by atomic mass is 10.1. The number of carbonyl (C=O) groups excluding carboxylic acids is 1. The smallest absolute Gasteiger partial charge is 0.225 e. The molecule has 0 saturated heterocycles. The van der Waals surface area contributed by atoms with Gasteiger partial charge in [-0.3, -0.25) is 9.69 Å². The van der Waals surface area contributed by atoms with Gasteiger partial charge in [-0.15, -0.1) is 0 Å². The van der Waals surface area contributed by atoms with E-state index in [0.29, 0.717) is 12.7 Å². The largest absolute Gasteiger partial charge is 0.343 e. The Kier molecular flexibility index (Phi) is 10.8. The Morgan fingerprint density at radius 3 is 2.26 bits per heavy atom. The number of likely N-dealkylation sites (N-methyl/N-ethyl adjacent to an activating group) is 1. The number of amides is 1. The minimum absolute atomic E-state index is 0.00136. The molecular weight excluding hydrogens is 240 g/mol. The molecule has 2 atom stereocenters. The maximum absolute atomic E-state index is 11.9. The molecule has 0 heterocycles. The first-order valence-electron chi connectivity index (χ1n) is 7.46. The van der Waals surface area contributed by atoms with Crippen molar-refractivity contribution in [3.63, 3.8) is 0 Å². The summed E-state index contributed by atoms with van der Waals surface area (Å²) in [6.07, 6.45) is 1.06. The van der Waals surface area contributed by atoms with E-state index < -0.39 is 0 Å². The van der Waals surface area contributed by atoms with Crippen LogP contribution in [0.2, 0.25) is 0 Å². The summed E-state index contributed by atoms with van der Waals surface area (Å²) in [5.41, 5.74) is 0. The van der Waals surface area contributed by atoms with Crippen LogP contribution in [0.25, 0.3) is 0 Å². The number of nitrogens with one attached hydrogen (secondary N) is 3. The lowest BCUT2D eigenvalue weighted by Gasteiger charge is -2.22. The Bertz CT molecular complexity index is 231. The van der Waals surface area contributed by atoms with Crippen LogP contribution in [0.3, 0.4) is 0 Å². The zero-order chi connectivity index (χ0) is 14.7. The minimum Gasteiger partial charge on any atom is -0.343 e. The molecule has 0 aliphatic carbocycles. The highest BCUT2D eigenvalue weighted by atomic mass is 16.2. The van der Waals surface area contributed by atoms with Crippen LogP contribution in [0.4, 0.5) is 0 Å². The summed E-state index contributed by atoms with van der Waals surface area (Å²) in [7, 11) is 1.95. The van der Waals surface area contributed by atoms with Crippen LogP contribution in [0.5, 0.6) is 0 Å². The summed E-state index contributed by atoms with van der Waals surface area (Å²) in [5, 5.41) is 9.58. The fourth-order valence-electron chi connectivity index (χ4n) is 1.85. The van der Waals surface area contributed by atoms with Crippen molar-refractivity contribution in [1.29, 1.82) is 0 Å². The van der Waals surface area contributed by atoms with Crippen molar-refractivity contribution in [3.05, 3.63) is 0 Å². The van der Waals surface area contributed by atoms with Gasteiger partial charge in [0.25, 0.3) is 0 Å². The van der Waals surface area contributed by atoms with E-state index >= 15 is 0 Å². The molecule has 0 saturated carbocycles. The summed E-state index contributed by atoms with van der Waals surface area (Å²) in [4.78, 5) is 14.1. The number of nitrogens with zero attached hydrogens (tertiary/aromatic N) is 1. The molecule has 0 rings (SSSR count). The molecule has 0 aliphatic rings. The maximum Gasteiger partial charge on any atom is 0.225 e. The van der Waals surface area contributed by atoms with Crippen molar-refractivity contribution in [2.24, 2.45) is 5.92 Å². The summed E-state index contributed by atoms with van der Waals surface area (Å²) >= 11 is 0. The van der Waals surface area contributed by atoms with Crippen LogP contribution in [-0.2, 0) is 4.79 Å². The number of carbonyl (C=O) groups is 1. The van der Waals surface area contributed by atoms with Gasteiger partial charge in [0.05, 0.1) is 6.67 Å². The van der Waals surface area contributed by atoms with Crippen LogP contribution in [0.1, 0.15) is 34.1 Å². The molecule has 0 aromatic rings. The Morgan fingerprint density at radius 1 is 1.16 bits per heavy atom. The molecule has 0 radical (unpaired) electrons. The highest BCUT2D eigenvalue weighted by Crippen LogP contribution is 1.96. The van der Waals surface area contributed by atoms with Gasteiger partial charge in [-0.1, -0.05) is 27.7 Å². The van der Waals surface area contributed by atoms with Gasteiger partial charge in [-0.25, -0.2) is 0 Å². The first-order chi connectivity index (χ1) is 9.08. The fraction of sp³-hybridized carbons (Fsp3) is 0.929. The van der Waals surface area contributed by atoms with Crippen molar-refractivity contribution in [2.75, 3.05) is 39.9 Å². The van der Waals surface area contributed by atoms with E-state index in [1.165, 1.54) is 0 Å². The molecule has 0 aliphatic heterocycles. The van der Waals surface area contributed by atoms with Crippen molar-refractivity contribution < 1.29 is 4.79 Å². The molecule has 19 heavy (non-hydrogen) atoms. The van der Waals surface area contributed by atoms with E-state index in [1.807, 2.05) is 14.0 Å². The van der Waals surface area contributed by atoms with Crippen LogP contribution in [-0.4, -0.2) is 56.7 Å². The van der Waals surface area contributed by atoms with Gasteiger partial charge >= 0.3 is 0 Å². The Balaban J connectivity index is 3.92. The minimum atomic E-state index is 0.00136. The lowest BCUT2D eigenvalue weighted by molar-refractivity contribution is -0.125. The second-order valence-electron chi connectivity index (χ2n) is 4.97. The van der Waals surface area contributed by atoms with E-state index in [2.05, 4.69) is 41.6 Å². The molecule has 2 unspecified atom stereocenters. The Morgan fingerprint density at radius 2 is 1.79 bits per heavy atom. The normalized spacial score (nSPS) is 14.4. The third-order valence-electron chi connectivity index (χ3n) is 3.47. The van der Waals surface area contributed by atoms with Gasteiger partial charge in [-0.05, 0) is 26.6 Å². The molecule has 1 amide bonds. The second kappa shape index (κ2) is 11.2. The van der Waals surface area contributed by atoms with Crippen LogP contribution in [0.15, 0.2) is 0 Å². The van der Waals surface area contributed by atoms with Crippen molar-refractivity contribution in [1.82, 2.24) is 20.9 Å². The van der Waals surface area contributed by atoms with E-state index in [-0.39, 0.29) is 11.8 Å². The van der Waals surface area contributed by atoms with Crippen molar-refractivity contribution in [3.8, 4) is 0 Å². The maximum atomic E-state index is 11.9. The Labute approximate surface area is 118 Å². The SMILES string of the molecule is CCC(CNC)NCC(C)C(=O)NCN(CC)CC. The van der Waals surface area contributed by atoms with Crippen LogP contribution in [0, 0.1) is 5.92 Å². The van der Waals surface area contributed by atoms with Crippen LogP contribution >= 0.6 is 0 Å². The third kappa shape index (κ3) is 8.18. The van der Waals surface area contributed by atoms with Gasteiger partial charge in [0.2, 0.25) is 5.91 Å². The van der Waals surface area contributed by atoms with E-state index in [9.17, 15) is 4.79 Å². The topological polar surface area (TPSA) is 56.4 Å². The van der Waals surface area contributed by atoms with Gasteiger partial charge < -0.3 is 16.0 Å². The molecule has 0 aromatic carbocycles. The van der Waals surface area contributed by atoms with Crippen LogP contribution < -0.4 is 16.0 Å². The van der Waals surface area contributed by atoms with E-state index in [1.54, 1.807) is 0 Å². The third-order valence-corrected chi connectivity index (χ3v) is 3.47. The fourth-order valence-corrected chi connectivity index (χ4v) is 1.85. The quantitative estimate of drug-likeness (QED) is 0.483. The summed E-state index contributed by atoms with van der Waals surface area (Å²) in [6.45, 7) is 12.6. The lowest BCUT2D eigenvalue weighted by Crippen LogP contribution is -2.44. The monoisotopic (exact) mass is 272 g/mol. The summed E-state index contributed by atoms with van der Waals surface area (Å²) in [6, 6.07) is 0.433. The standard InChI is InChI=1S/C14H32N4O/c1-6-13(10-15-5)16-9-12(4)14(19)17-11-18(7-2)8-3/h12-13,15-16H,6-11H2,1-5H3,(H,17,19). The summed E-state index contributed by atoms with van der Waals surface area (Å²) < 4.78 is 0. The molecular formula is C14H32N4O. The number of hydrogen-bond donors (Lipinski definition) is 3.